The summed E-state index contributed by atoms with van der Waals surface area (Å²) in [6, 6.07) is 12.3. The van der Waals surface area contributed by atoms with Crippen molar-refractivity contribution in [2.75, 3.05) is 6.61 Å². The third-order valence-electron chi connectivity index (χ3n) is 4.52. The second kappa shape index (κ2) is 6.90. The van der Waals surface area contributed by atoms with Crippen LogP contribution in [0.1, 0.15) is 24.6 Å². The van der Waals surface area contributed by atoms with E-state index in [4.69, 9.17) is 4.74 Å². The van der Waals surface area contributed by atoms with Gasteiger partial charge in [0, 0.05) is 25.0 Å². The Labute approximate surface area is 137 Å². The molecular weight excluding hydrogens is 288 g/mol. The lowest BCUT2D eigenvalue weighted by atomic mass is 9.95. The molecule has 1 N–H and O–H groups in total. The zero-order chi connectivity index (χ0) is 16.2. The summed E-state index contributed by atoms with van der Waals surface area (Å²) >= 11 is 0. The number of nitrogens with zero attached hydrogens (tertiary/aromatic N) is 1. The first-order chi connectivity index (χ1) is 11.1. The van der Waals surface area contributed by atoms with Gasteiger partial charge in [-0.25, -0.2) is 0 Å². The zero-order valence-electron chi connectivity index (χ0n) is 13.8. The molecular formula is C19H24N2O2. The molecule has 1 aliphatic rings. The van der Waals surface area contributed by atoms with E-state index < -0.39 is 0 Å². The number of aryl methyl sites for hydroxylation is 2. The third-order valence-corrected chi connectivity index (χ3v) is 4.52. The lowest BCUT2D eigenvalue weighted by molar-refractivity contribution is -0.126. The van der Waals surface area contributed by atoms with Gasteiger partial charge in [0.1, 0.15) is 12.4 Å². The molecule has 122 valence electrons. The molecule has 1 aliphatic heterocycles. The SMILES string of the molecule is C[C@H](CCc1cccn1C)NC(=O)[C@@H]1COc2ccccc2C1. The minimum Gasteiger partial charge on any atom is -0.492 e. The number of aromatic nitrogens is 1. The summed E-state index contributed by atoms with van der Waals surface area (Å²) in [6.45, 7) is 2.53. The highest BCUT2D eigenvalue weighted by Crippen LogP contribution is 2.26. The average molecular weight is 312 g/mol. The Morgan fingerprint density at radius 2 is 2.17 bits per heavy atom. The Morgan fingerprint density at radius 3 is 2.96 bits per heavy atom. The van der Waals surface area contributed by atoms with Crippen LogP contribution in [0.25, 0.3) is 0 Å². The van der Waals surface area contributed by atoms with E-state index in [1.807, 2.05) is 24.3 Å². The minimum absolute atomic E-state index is 0.0950. The highest BCUT2D eigenvalue weighted by atomic mass is 16.5. The molecule has 4 nitrogen and oxygen atoms in total. The predicted octanol–water partition coefficient (Wildman–Crippen LogP) is 2.71. The van der Waals surface area contributed by atoms with Gasteiger partial charge < -0.3 is 14.6 Å². The molecule has 0 saturated carbocycles. The number of hydrogen-bond donors (Lipinski definition) is 1. The highest BCUT2D eigenvalue weighted by Gasteiger charge is 2.26. The van der Waals surface area contributed by atoms with E-state index in [1.54, 1.807) is 0 Å². The van der Waals surface area contributed by atoms with Crippen molar-refractivity contribution in [3.63, 3.8) is 0 Å². The Hall–Kier alpha value is -2.23. The van der Waals surface area contributed by atoms with Crippen molar-refractivity contribution in [1.29, 1.82) is 0 Å². The van der Waals surface area contributed by atoms with Crippen LogP contribution in [-0.4, -0.2) is 23.1 Å². The molecule has 0 saturated heterocycles. The van der Waals surface area contributed by atoms with Crippen molar-refractivity contribution in [2.24, 2.45) is 13.0 Å². The van der Waals surface area contributed by atoms with Gasteiger partial charge in [-0.2, -0.15) is 0 Å². The number of nitrogens with one attached hydrogen (secondary N) is 1. The van der Waals surface area contributed by atoms with Crippen molar-refractivity contribution in [3.05, 3.63) is 53.9 Å². The van der Waals surface area contributed by atoms with Crippen LogP contribution in [0.4, 0.5) is 0 Å². The molecule has 0 bridgehead atoms. The molecule has 2 aromatic rings. The normalized spacial score (nSPS) is 17.9. The predicted molar refractivity (Wildman–Crippen MR) is 90.5 cm³/mol. The van der Waals surface area contributed by atoms with Crippen LogP contribution in [0.15, 0.2) is 42.6 Å². The average Bonchev–Trinajstić information content (AvgIpc) is 2.97. The monoisotopic (exact) mass is 312 g/mol. The summed E-state index contributed by atoms with van der Waals surface area (Å²) in [6.07, 6.45) is 4.71. The van der Waals surface area contributed by atoms with Crippen molar-refractivity contribution in [3.8, 4) is 5.75 Å². The first-order valence-corrected chi connectivity index (χ1v) is 8.25. The van der Waals surface area contributed by atoms with E-state index in [9.17, 15) is 4.79 Å². The second-order valence-electron chi connectivity index (χ2n) is 6.38. The zero-order valence-corrected chi connectivity index (χ0v) is 13.8. The summed E-state index contributed by atoms with van der Waals surface area (Å²) in [5.74, 6) is 0.912. The van der Waals surface area contributed by atoms with Gasteiger partial charge in [-0.3, -0.25) is 4.79 Å². The van der Waals surface area contributed by atoms with Crippen LogP contribution < -0.4 is 10.1 Å². The van der Waals surface area contributed by atoms with Gasteiger partial charge in [-0.1, -0.05) is 18.2 Å². The molecule has 23 heavy (non-hydrogen) atoms. The molecule has 3 rings (SSSR count). The lowest BCUT2D eigenvalue weighted by Gasteiger charge is -2.26. The van der Waals surface area contributed by atoms with E-state index in [0.717, 1.165) is 30.6 Å². The van der Waals surface area contributed by atoms with Crippen molar-refractivity contribution in [1.82, 2.24) is 9.88 Å². The van der Waals surface area contributed by atoms with Crippen molar-refractivity contribution in [2.45, 2.75) is 32.2 Å². The lowest BCUT2D eigenvalue weighted by Crippen LogP contribution is -2.41. The molecule has 0 radical (unpaired) electrons. The van der Waals surface area contributed by atoms with Crippen LogP contribution in [0, 0.1) is 5.92 Å². The molecule has 0 aliphatic carbocycles. The first-order valence-electron chi connectivity index (χ1n) is 8.25. The Morgan fingerprint density at radius 1 is 1.35 bits per heavy atom. The topological polar surface area (TPSA) is 43.3 Å². The third kappa shape index (κ3) is 3.76. The smallest absolute Gasteiger partial charge is 0.227 e. The van der Waals surface area contributed by atoms with Gasteiger partial charge in [0.05, 0.1) is 5.92 Å². The van der Waals surface area contributed by atoms with Gasteiger partial charge in [0.15, 0.2) is 0 Å². The van der Waals surface area contributed by atoms with E-state index in [1.165, 1.54) is 5.69 Å². The first kappa shape index (κ1) is 15.7. The Bertz CT molecular complexity index is 678. The largest absolute Gasteiger partial charge is 0.492 e. The standard InChI is InChI=1S/C19H24N2O2/c1-14(9-10-17-7-5-11-21(17)2)20-19(22)16-12-15-6-3-4-8-18(15)23-13-16/h3-8,11,14,16H,9-10,12-13H2,1-2H3,(H,20,22)/t14-,16+/m1/s1. The van der Waals surface area contributed by atoms with Crippen LogP contribution in [0.2, 0.25) is 0 Å². The molecule has 1 amide bonds. The Kier molecular flexibility index (Phi) is 4.70. The molecule has 0 spiro atoms. The number of carbonyl (C=O) groups excluding carboxylic acids is 1. The number of carbonyl (C=O) groups is 1. The number of rotatable bonds is 5. The molecule has 1 aromatic heterocycles. The quantitative estimate of drug-likeness (QED) is 0.922. The van der Waals surface area contributed by atoms with Crippen LogP contribution in [-0.2, 0) is 24.7 Å². The fourth-order valence-corrected chi connectivity index (χ4v) is 3.05. The summed E-state index contributed by atoms with van der Waals surface area (Å²) in [4.78, 5) is 12.5. The molecule has 0 unspecified atom stereocenters. The summed E-state index contributed by atoms with van der Waals surface area (Å²) < 4.78 is 7.83. The number of fused-ring (bicyclic) bond motifs is 1. The van der Waals surface area contributed by atoms with Gasteiger partial charge in [0.2, 0.25) is 5.91 Å². The molecule has 0 fully saturated rings. The van der Waals surface area contributed by atoms with Crippen LogP contribution >= 0.6 is 0 Å². The Balaban J connectivity index is 1.50. The molecule has 2 atom stereocenters. The maximum atomic E-state index is 12.5. The minimum atomic E-state index is -0.0950. The molecule has 4 heteroatoms. The van der Waals surface area contributed by atoms with Gasteiger partial charge in [-0.05, 0) is 49.9 Å². The summed E-state index contributed by atoms with van der Waals surface area (Å²) in [7, 11) is 2.05. The van der Waals surface area contributed by atoms with E-state index in [-0.39, 0.29) is 17.9 Å². The van der Waals surface area contributed by atoms with Crippen LogP contribution in [0.3, 0.4) is 0 Å². The van der Waals surface area contributed by atoms with E-state index in [2.05, 4.69) is 42.2 Å². The van der Waals surface area contributed by atoms with Gasteiger partial charge >= 0.3 is 0 Å². The summed E-state index contributed by atoms with van der Waals surface area (Å²) in [5.41, 5.74) is 2.41. The number of para-hydroxylation sites is 1. The van der Waals surface area contributed by atoms with Gasteiger partial charge in [0.25, 0.3) is 0 Å². The number of hydrogen-bond acceptors (Lipinski definition) is 2. The van der Waals surface area contributed by atoms with E-state index >= 15 is 0 Å². The summed E-state index contributed by atoms with van der Waals surface area (Å²) in [5, 5.41) is 3.13. The maximum absolute atomic E-state index is 12.5. The van der Waals surface area contributed by atoms with Crippen LogP contribution in [0.5, 0.6) is 5.75 Å². The van der Waals surface area contributed by atoms with Gasteiger partial charge in [-0.15, -0.1) is 0 Å². The van der Waals surface area contributed by atoms with E-state index in [0.29, 0.717) is 6.61 Å². The number of benzene rings is 1. The molecule has 2 heterocycles. The fourth-order valence-electron chi connectivity index (χ4n) is 3.05. The second-order valence-corrected chi connectivity index (χ2v) is 6.38. The van der Waals surface area contributed by atoms with Crippen molar-refractivity contribution >= 4 is 5.91 Å². The van der Waals surface area contributed by atoms with Crippen molar-refractivity contribution < 1.29 is 9.53 Å². The maximum Gasteiger partial charge on any atom is 0.227 e. The number of ether oxygens (including phenoxy) is 1. The highest BCUT2D eigenvalue weighted by molar-refractivity contribution is 5.79. The molecule has 1 aromatic carbocycles. The fraction of sp³-hybridized carbons (Fsp3) is 0.421. The number of amides is 1.